The standard InChI is InChI=1S/C12H15N3S/c1-10-14-12(16-15-10)13-9-5-8-11-6-3-2-4-7-11/h2-4,6-7H,5,8-9H2,1H3,(H,13,14,15). The molecule has 0 bridgehead atoms. The smallest absolute Gasteiger partial charge is 0.202 e. The first-order valence-electron chi connectivity index (χ1n) is 5.43. The van der Waals surface area contributed by atoms with Crippen molar-refractivity contribution in [1.29, 1.82) is 0 Å². The number of nitrogens with one attached hydrogen (secondary N) is 1. The molecule has 84 valence electrons. The van der Waals surface area contributed by atoms with Gasteiger partial charge in [-0.1, -0.05) is 30.3 Å². The molecule has 0 atom stereocenters. The van der Waals surface area contributed by atoms with Gasteiger partial charge in [-0.15, -0.1) is 0 Å². The second kappa shape index (κ2) is 5.61. The van der Waals surface area contributed by atoms with E-state index in [0.29, 0.717) is 0 Å². The minimum atomic E-state index is 0.843. The molecular formula is C12H15N3S. The number of benzene rings is 1. The lowest BCUT2D eigenvalue weighted by molar-refractivity contribution is 0.861. The van der Waals surface area contributed by atoms with Gasteiger partial charge >= 0.3 is 0 Å². The third-order valence-corrected chi connectivity index (χ3v) is 3.05. The van der Waals surface area contributed by atoms with Gasteiger partial charge in [-0.25, -0.2) is 4.98 Å². The first-order valence-corrected chi connectivity index (χ1v) is 6.20. The fourth-order valence-corrected chi connectivity index (χ4v) is 2.10. The maximum atomic E-state index is 4.25. The van der Waals surface area contributed by atoms with Crippen LogP contribution in [0.1, 0.15) is 17.8 Å². The van der Waals surface area contributed by atoms with Crippen molar-refractivity contribution in [3.63, 3.8) is 0 Å². The molecule has 0 aliphatic heterocycles. The highest BCUT2D eigenvalue weighted by atomic mass is 32.1. The average Bonchev–Trinajstić information content (AvgIpc) is 2.72. The van der Waals surface area contributed by atoms with Crippen LogP contribution in [0.2, 0.25) is 0 Å². The molecule has 4 heteroatoms. The van der Waals surface area contributed by atoms with Crippen LogP contribution < -0.4 is 5.32 Å². The van der Waals surface area contributed by atoms with Crippen LogP contribution in [-0.4, -0.2) is 15.9 Å². The normalized spacial score (nSPS) is 10.3. The van der Waals surface area contributed by atoms with Crippen molar-refractivity contribution >= 4 is 16.7 Å². The molecule has 0 unspecified atom stereocenters. The van der Waals surface area contributed by atoms with Gasteiger partial charge in [-0.3, -0.25) is 0 Å². The predicted molar refractivity (Wildman–Crippen MR) is 67.9 cm³/mol. The van der Waals surface area contributed by atoms with Gasteiger partial charge in [-0.2, -0.15) is 4.37 Å². The van der Waals surface area contributed by atoms with Crippen molar-refractivity contribution in [1.82, 2.24) is 9.36 Å². The van der Waals surface area contributed by atoms with Crippen molar-refractivity contribution in [2.45, 2.75) is 19.8 Å². The number of hydrogen-bond donors (Lipinski definition) is 1. The Balaban J connectivity index is 1.69. The summed E-state index contributed by atoms with van der Waals surface area (Å²) in [6.07, 6.45) is 2.22. The maximum Gasteiger partial charge on any atom is 0.202 e. The van der Waals surface area contributed by atoms with E-state index in [4.69, 9.17) is 0 Å². The number of nitrogens with zero attached hydrogens (tertiary/aromatic N) is 2. The van der Waals surface area contributed by atoms with Gasteiger partial charge in [0.2, 0.25) is 5.13 Å². The quantitative estimate of drug-likeness (QED) is 0.807. The molecule has 2 aromatic rings. The minimum absolute atomic E-state index is 0.843. The average molecular weight is 233 g/mol. The SMILES string of the molecule is Cc1nsc(NCCCc2ccccc2)n1. The number of aromatic nitrogens is 2. The van der Waals surface area contributed by atoms with E-state index in [1.807, 2.05) is 13.0 Å². The van der Waals surface area contributed by atoms with Crippen LogP contribution in [0.4, 0.5) is 5.13 Å². The lowest BCUT2D eigenvalue weighted by Crippen LogP contribution is -2.02. The maximum absolute atomic E-state index is 4.25. The molecular weight excluding hydrogens is 218 g/mol. The van der Waals surface area contributed by atoms with Crippen LogP contribution in [0.3, 0.4) is 0 Å². The molecule has 0 saturated carbocycles. The third kappa shape index (κ3) is 3.31. The molecule has 1 heterocycles. The Kier molecular flexibility index (Phi) is 3.88. The minimum Gasteiger partial charge on any atom is -0.360 e. The van der Waals surface area contributed by atoms with Crippen LogP contribution in [0.5, 0.6) is 0 Å². The van der Waals surface area contributed by atoms with E-state index in [1.165, 1.54) is 17.1 Å². The van der Waals surface area contributed by atoms with Crippen LogP contribution in [0.15, 0.2) is 30.3 Å². The summed E-state index contributed by atoms with van der Waals surface area (Å²) < 4.78 is 4.12. The fourth-order valence-electron chi connectivity index (χ4n) is 1.50. The first kappa shape index (κ1) is 11.1. The molecule has 0 aliphatic carbocycles. The third-order valence-electron chi connectivity index (χ3n) is 2.29. The molecule has 1 aromatic carbocycles. The molecule has 0 aliphatic rings. The second-order valence-electron chi connectivity index (χ2n) is 3.66. The number of anilines is 1. The topological polar surface area (TPSA) is 37.8 Å². The molecule has 1 aromatic heterocycles. The van der Waals surface area contributed by atoms with E-state index < -0.39 is 0 Å². The molecule has 0 radical (unpaired) electrons. The lowest BCUT2D eigenvalue weighted by Gasteiger charge is -2.02. The Bertz CT molecular complexity index is 425. The Labute approximate surface area is 99.7 Å². The molecule has 2 rings (SSSR count). The summed E-state index contributed by atoms with van der Waals surface area (Å²) in [6, 6.07) is 10.5. The Hall–Kier alpha value is -1.42. The van der Waals surface area contributed by atoms with Gasteiger partial charge < -0.3 is 5.32 Å². The molecule has 0 amide bonds. The summed E-state index contributed by atoms with van der Waals surface area (Å²) in [5.41, 5.74) is 1.39. The summed E-state index contributed by atoms with van der Waals surface area (Å²) in [4.78, 5) is 4.25. The summed E-state index contributed by atoms with van der Waals surface area (Å²) in [7, 11) is 0. The fraction of sp³-hybridized carbons (Fsp3) is 0.333. The number of aryl methyl sites for hydroxylation is 2. The second-order valence-corrected chi connectivity index (χ2v) is 4.41. The van der Waals surface area contributed by atoms with E-state index in [9.17, 15) is 0 Å². The highest BCUT2D eigenvalue weighted by molar-refractivity contribution is 7.09. The summed E-state index contributed by atoms with van der Waals surface area (Å²) in [5, 5.41) is 4.20. The molecule has 3 nitrogen and oxygen atoms in total. The summed E-state index contributed by atoms with van der Waals surface area (Å²) in [5.74, 6) is 0.843. The van der Waals surface area contributed by atoms with Crippen molar-refractivity contribution in [3.05, 3.63) is 41.7 Å². The molecule has 0 spiro atoms. The monoisotopic (exact) mass is 233 g/mol. The van der Waals surface area contributed by atoms with Gasteiger partial charge in [0.05, 0.1) is 0 Å². The van der Waals surface area contributed by atoms with Gasteiger partial charge in [-0.05, 0) is 25.3 Å². The zero-order chi connectivity index (χ0) is 11.2. The van der Waals surface area contributed by atoms with E-state index in [1.54, 1.807) is 0 Å². The largest absolute Gasteiger partial charge is 0.360 e. The van der Waals surface area contributed by atoms with E-state index >= 15 is 0 Å². The van der Waals surface area contributed by atoms with Gasteiger partial charge in [0.15, 0.2) is 0 Å². The first-order chi connectivity index (χ1) is 7.84. The van der Waals surface area contributed by atoms with Crippen LogP contribution in [0.25, 0.3) is 0 Å². The van der Waals surface area contributed by atoms with Crippen molar-refractivity contribution in [2.75, 3.05) is 11.9 Å². The zero-order valence-corrected chi connectivity index (χ0v) is 10.1. The van der Waals surface area contributed by atoms with Crippen LogP contribution in [-0.2, 0) is 6.42 Å². The number of rotatable bonds is 5. The molecule has 0 fully saturated rings. The molecule has 16 heavy (non-hydrogen) atoms. The van der Waals surface area contributed by atoms with Crippen molar-refractivity contribution in [3.8, 4) is 0 Å². The summed E-state index contributed by atoms with van der Waals surface area (Å²) >= 11 is 1.42. The van der Waals surface area contributed by atoms with Crippen LogP contribution in [0, 0.1) is 6.92 Å². The van der Waals surface area contributed by atoms with Crippen molar-refractivity contribution < 1.29 is 0 Å². The lowest BCUT2D eigenvalue weighted by atomic mass is 10.1. The Morgan fingerprint density at radius 1 is 1.25 bits per heavy atom. The predicted octanol–water partition coefficient (Wildman–Crippen LogP) is 2.89. The van der Waals surface area contributed by atoms with E-state index in [-0.39, 0.29) is 0 Å². The van der Waals surface area contributed by atoms with Crippen LogP contribution >= 0.6 is 11.5 Å². The van der Waals surface area contributed by atoms with Gasteiger partial charge in [0.1, 0.15) is 5.82 Å². The molecule has 1 N–H and O–H groups in total. The Morgan fingerprint density at radius 3 is 2.75 bits per heavy atom. The van der Waals surface area contributed by atoms with Gasteiger partial charge in [0, 0.05) is 18.1 Å². The highest BCUT2D eigenvalue weighted by Gasteiger charge is 1.98. The van der Waals surface area contributed by atoms with Gasteiger partial charge in [0.25, 0.3) is 0 Å². The van der Waals surface area contributed by atoms with Crippen molar-refractivity contribution in [2.24, 2.45) is 0 Å². The highest BCUT2D eigenvalue weighted by Crippen LogP contribution is 2.10. The molecule has 0 saturated heterocycles. The van der Waals surface area contributed by atoms with E-state index in [0.717, 1.165) is 30.3 Å². The van der Waals surface area contributed by atoms with E-state index in [2.05, 4.69) is 38.9 Å². The summed E-state index contributed by atoms with van der Waals surface area (Å²) in [6.45, 7) is 2.86. The Morgan fingerprint density at radius 2 is 2.06 bits per heavy atom. The number of hydrogen-bond acceptors (Lipinski definition) is 4. The zero-order valence-electron chi connectivity index (χ0n) is 9.31.